The van der Waals surface area contributed by atoms with Gasteiger partial charge in [-0.25, -0.2) is 9.18 Å². The summed E-state index contributed by atoms with van der Waals surface area (Å²) in [6, 6.07) is 2.02. The van der Waals surface area contributed by atoms with Crippen molar-refractivity contribution < 1.29 is 14.3 Å². The van der Waals surface area contributed by atoms with Crippen molar-refractivity contribution in [2.45, 2.75) is 0 Å². The molecule has 15 heavy (non-hydrogen) atoms. The van der Waals surface area contributed by atoms with Crippen molar-refractivity contribution in [3.8, 4) is 11.8 Å². The average molecular weight is 228 g/mol. The van der Waals surface area contributed by atoms with Crippen molar-refractivity contribution in [3.63, 3.8) is 0 Å². The van der Waals surface area contributed by atoms with Gasteiger partial charge >= 0.3 is 5.97 Å². The Labute approximate surface area is 90.7 Å². The molecule has 0 spiro atoms. The van der Waals surface area contributed by atoms with Crippen LogP contribution in [-0.4, -0.2) is 17.0 Å². The maximum atomic E-state index is 13.2. The standard InChI is InChI=1S/C10H7ClFNO2/c11-3-1-2-6-4-7(10(14)15)9(13)5-8(6)12/h4-5H,3,13H2,(H,14,15). The summed E-state index contributed by atoms with van der Waals surface area (Å²) in [5.41, 5.74) is 5.00. The highest BCUT2D eigenvalue weighted by Gasteiger charge is 2.11. The van der Waals surface area contributed by atoms with Gasteiger partial charge in [-0.2, -0.15) is 0 Å². The fourth-order valence-corrected chi connectivity index (χ4v) is 1.07. The fourth-order valence-electron chi connectivity index (χ4n) is 0.998. The summed E-state index contributed by atoms with van der Waals surface area (Å²) in [5, 5.41) is 8.73. The lowest BCUT2D eigenvalue weighted by molar-refractivity contribution is 0.0698. The number of hydrogen-bond acceptors (Lipinski definition) is 2. The largest absolute Gasteiger partial charge is 0.478 e. The normalized spacial score (nSPS) is 9.20. The topological polar surface area (TPSA) is 63.3 Å². The molecule has 0 aliphatic carbocycles. The summed E-state index contributed by atoms with van der Waals surface area (Å²) in [6.07, 6.45) is 0. The van der Waals surface area contributed by atoms with Gasteiger partial charge in [0.2, 0.25) is 0 Å². The van der Waals surface area contributed by atoms with Gasteiger partial charge < -0.3 is 10.8 Å². The minimum absolute atomic E-state index is 0.0257. The molecule has 0 atom stereocenters. The molecule has 5 heteroatoms. The van der Waals surface area contributed by atoms with Crippen LogP contribution < -0.4 is 5.73 Å². The Balaban J connectivity index is 3.29. The van der Waals surface area contributed by atoms with E-state index in [1.807, 2.05) is 0 Å². The molecule has 0 aliphatic rings. The van der Waals surface area contributed by atoms with Crippen LogP contribution in [0, 0.1) is 17.7 Å². The minimum atomic E-state index is -1.22. The molecule has 0 unspecified atom stereocenters. The van der Waals surface area contributed by atoms with E-state index in [1.165, 1.54) is 0 Å². The Morgan fingerprint density at radius 2 is 2.27 bits per heavy atom. The molecule has 0 saturated carbocycles. The maximum Gasteiger partial charge on any atom is 0.337 e. The van der Waals surface area contributed by atoms with Gasteiger partial charge in [-0.3, -0.25) is 0 Å². The third kappa shape index (κ3) is 2.61. The highest BCUT2D eigenvalue weighted by Crippen LogP contribution is 2.17. The van der Waals surface area contributed by atoms with Gasteiger partial charge in [0, 0.05) is 5.69 Å². The highest BCUT2D eigenvalue weighted by atomic mass is 35.5. The van der Waals surface area contributed by atoms with Crippen LogP contribution in [0.25, 0.3) is 0 Å². The summed E-state index contributed by atoms with van der Waals surface area (Å²) in [4.78, 5) is 10.7. The second-order valence-corrected chi connectivity index (χ2v) is 2.93. The number of hydrogen-bond donors (Lipinski definition) is 2. The number of anilines is 1. The number of halogens is 2. The SMILES string of the molecule is Nc1cc(F)c(C#CCCl)cc1C(=O)O. The number of carbonyl (C=O) groups is 1. The van der Waals surface area contributed by atoms with Gasteiger partial charge in [-0.05, 0) is 12.1 Å². The minimum Gasteiger partial charge on any atom is -0.478 e. The third-order valence-corrected chi connectivity index (χ3v) is 1.79. The summed E-state index contributed by atoms with van der Waals surface area (Å²) < 4.78 is 13.2. The smallest absolute Gasteiger partial charge is 0.337 e. The first kappa shape index (κ1) is 11.3. The number of benzene rings is 1. The first-order valence-corrected chi connectivity index (χ1v) is 4.47. The Morgan fingerprint density at radius 1 is 1.60 bits per heavy atom. The van der Waals surface area contributed by atoms with E-state index in [0.29, 0.717) is 0 Å². The predicted molar refractivity (Wildman–Crippen MR) is 55.4 cm³/mol. The molecule has 0 radical (unpaired) electrons. The molecule has 0 aromatic heterocycles. The number of carboxylic acids is 1. The number of alkyl halides is 1. The number of carboxylic acid groups (broad SMARTS) is 1. The van der Waals surface area contributed by atoms with Crippen LogP contribution >= 0.6 is 11.6 Å². The lowest BCUT2D eigenvalue weighted by Gasteiger charge is -2.02. The van der Waals surface area contributed by atoms with Crippen LogP contribution in [0.5, 0.6) is 0 Å². The van der Waals surface area contributed by atoms with E-state index in [4.69, 9.17) is 22.4 Å². The molecule has 1 aromatic rings. The lowest BCUT2D eigenvalue weighted by atomic mass is 10.1. The molecule has 1 aromatic carbocycles. The van der Waals surface area contributed by atoms with Gasteiger partial charge in [0.15, 0.2) is 0 Å². The Hall–Kier alpha value is -1.73. The highest BCUT2D eigenvalue weighted by molar-refractivity contribution is 6.19. The van der Waals surface area contributed by atoms with Crippen LogP contribution in [0.1, 0.15) is 15.9 Å². The van der Waals surface area contributed by atoms with Gasteiger partial charge in [0.25, 0.3) is 0 Å². The molecule has 0 saturated heterocycles. The zero-order chi connectivity index (χ0) is 11.4. The molecule has 0 aliphatic heterocycles. The maximum absolute atomic E-state index is 13.2. The molecule has 1 rings (SSSR count). The Bertz CT molecular complexity index is 462. The van der Waals surface area contributed by atoms with Gasteiger partial charge in [0.1, 0.15) is 5.82 Å². The fraction of sp³-hybridized carbons (Fsp3) is 0.100. The molecule has 0 heterocycles. The number of nitrogen functional groups attached to an aromatic ring is 1. The van der Waals surface area contributed by atoms with Crippen molar-refractivity contribution in [1.29, 1.82) is 0 Å². The molecule has 0 bridgehead atoms. The van der Waals surface area contributed by atoms with Gasteiger partial charge in [-0.1, -0.05) is 11.8 Å². The van der Waals surface area contributed by atoms with E-state index in [9.17, 15) is 9.18 Å². The van der Waals surface area contributed by atoms with Crippen LogP contribution in [0.15, 0.2) is 12.1 Å². The molecular formula is C10H7ClFNO2. The van der Waals surface area contributed by atoms with Gasteiger partial charge in [-0.15, -0.1) is 11.6 Å². The quantitative estimate of drug-likeness (QED) is 0.436. The monoisotopic (exact) mass is 227 g/mol. The van der Waals surface area contributed by atoms with E-state index >= 15 is 0 Å². The molecule has 0 fully saturated rings. The van der Waals surface area contributed by atoms with Crippen LogP contribution in [0.4, 0.5) is 10.1 Å². The van der Waals surface area contributed by atoms with Crippen molar-refractivity contribution in [1.82, 2.24) is 0 Å². The van der Waals surface area contributed by atoms with Crippen molar-refractivity contribution >= 4 is 23.3 Å². The van der Waals surface area contributed by atoms with Crippen molar-refractivity contribution in [3.05, 3.63) is 29.1 Å². The summed E-state index contributed by atoms with van der Waals surface area (Å²) in [7, 11) is 0. The van der Waals surface area contributed by atoms with Crippen LogP contribution in [0.3, 0.4) is 0 Å². The molecular weight excluding hydrogens is 221 g/mol. The van der Waals surface area contributed by atoms with Crippen LogP contribution in [0.2, 0.25) is 0 Å². The van der Waals surface area contributed by atoms with E-state index in [1.54, 1.807) is 0 Å². The molecule has 78 valence electrons. The van der Waals surface area contributed by atoms with E-state index < -0.39 is 11.8 Å². The molecule has 0 amide bonds. The second kappa shape index (κ2) is 4.67. The van der Waals surface area contributed by atoms with E-state index in [-0.39, 0.29) is 22.7 Å². The van der Waals surface area contributed by atoms with E-state index in [0.717, 1.165) is 12.1 Å². The lowest BCUT2D eigenvalue weighted by Crippen LogP contribution is -2.04. The molecule has 3 nitrogen and oxygen atoms in total. The summed E-state index contributed by atoms with van der Waals surface area (Å²) >= 11 is 5.30. The molecule has 3 N–H and O–H groups in total. The van der Waals surface area contributed by atoms with Crippen molar-refractivity contribution in [2.75, 3.05) is 11.6 Å². The Kier molecular flexibility index (Phi) is 3.53. The van der Waals surface area contributed by atoms with E-state index in [2.05, 4.69) is 11.8 Å². The average Bonchev–Trinajstić information content (AvgIpc) is 2.16. The van der Waals surface area contributed by atoms with Gasteiger partial charge in [0.05, 0.1) is 17.0 Å². The number of nitrogens with two attached hydrogens (primary N) is 1. The number of aromatic carboxylic acids is 1. The number of rotatable bonds is 1. The third-order valence-electron chi connectivity index (χ3n) is 1.66. The first-order chi connectivity index (χ1) is 7.06. The Morgan fingerprint density at radius 3 is 2.80 bits per heavy atom. The second-order valence-electron chi connectivity index (χ2n) is 2.66. The summed E-state index contributed by atoms with van der Waals surface area (Å²) in [6.45, 7) is 0. The van der Waals surface area contributed by atoms with Crippen LogP contribution in [-0.2, 0) is 0 Å². The predicted octanol–water partition coefficient (Wildman–Crippen LogP) is 1.70. The first-order valence-electron chi connectivity index (χ1n) is 3.93. The summed E-state index contributed by atoms with van der Waals surface area (Å²) in [5.74, 6) is 3.01. The zero-order valence-electron chi connectivity index (χ0n) is 7.55. The zero-order valence-corrected chi connectivity index (χ0v) is 8.31. The van der Waals surface area contributed by atoms with Crippen molar-refractivity contribution in [2.24, 2.45) is 0 Å².